The molecular formula is C14H19N3. The Morgan fingerprint density at radius 1 is 1.12 bits per heavy atom. The molecule has 0 saturated heterocycles. The van der Waals surface area contributed by atoms with Crippen LogP contribution in [0.2, 0.25) is 0 Å². The van der Waals surface area contributed by atoms with E-state index >= 15 is 0 Å². The van der Waals surface area contributed by atoms with Gasteiger partial charge in [0.2, 0.25) is 0 Å². The summed E-state index contributed by atoms with van der Waals surface area (Å²) in [5.74, 6) is 0. The molecule has 0 aliphatic heterocycles. The van der Waals surface area contributed by atoms with Crippen molar-refractivity contribution in [1.82, 2.24) is 15.0 Å². The minimum absolute atomic E-state index is 0.906. The van der Waals surface area contributed by atoms with Gasteiger partial charge in [0.15, 0.2) is 0 Å². The van der Waals surface area contributed by atoms with Gasteiger partial charge in [0.25, 0.3) is 0 Å². The topological polar surface area (TPSA) is 30.7 Å². The van der Waals surface area contributed by atoms with Gasteiger partial charge in [-0.15, -0.1) is 5.10 Å². The first-order valence-corrected chi connectivity index (χ1v) is 6.31. The SMILES string of the molecule is CCCCc1cn(CCc2ccccc2)nn1. The molecule has 0 spiro atoms. The first kappa shape index (κ1) is 11.8. The van der Waals surface area contributed by atoms with Gasteiger partial charge in [-0.05, 0) is 24.8 Å². The summed E-state index contributed by atoms with van der Waals surface area (Å²) in [4.78, 5) is 0. The van der Waals surface area contributed by atoms with Crippen LogP contribution in [0.1, 0.15) is 31.0 Å². The van der Waals surface area contributed by atoms with Gasteiger partial charge in [-0.3, -0.25) is 4.68 Å². The molecule has 0 bridgehead atoms. The van der Waals surface area contributed by atoms with Gasteiger partial charge in [0, 0.05) is 12.7 Å². The summed E-state index contributed by atoms with van der Waals surface area (Å²) in [6.07, 6.45) is 6.52. The van der Waals surface area contributed by atoms with Crippen LogP contribution in [0.3, 0.4) is 0 Å². The van der Waals surface area contributed by atoms with E-state index in [-0.39, 0.29) is 0 Å². The van der Waals surface area contributed by atoms with Crippen molar-refractivity contribution in [1.29, 1.82) is 0 Å². The fourth-order valence-corrected chi connectivity index (χ4v) is 1.81. The second-order valence-corrected chi connectivity index (χ2v) is 4.31. The lowest BCUT2D eigenvalue weighted by Crippen LogP contribution is -2.01. The second kappa shape index (κ2) is 6.18. The number of hydrogen-bond acceptors (Lipinski definition) is 2. The summed E-state index contributed by atoms with van der Waals surface area (Å²) in [7, 11) is 0. The van der Waals surface area contributed by atoms with Crippen molar-refractivity contribution in [3.63, 3.8) is 0 Å². The highest BCUT2D eigenvalue weighted by Crippen LogP contribution is 2.03. The number of rotatable bonds is 6. The quantitative estimate of drug-likeness (QED) is 0.762. The van der Waals surface area contributed by atoms with Crippen LogP contribution in [0.4, 0.5) is 0 Å². The van der Waals surface area contributed by atoms with Gasteiger partial charge >= 0.3 is 0 Å². The molecule has 0 N–H and O–H groups in total. The Kier molecular flexibility index (Phi) is 4.30. The van der Waals surface area contributed by atoms with E-state index in [1.165, 1.54) is 18.4 Å². The Balaban J connectivity index is 1.85. The normalized spacial score (nSPS) is 10.6. The summed E-state index contributed by atoms with van der Waals surface area (Å²) in [6.45, 7) is 3.10. The second-order valence-electron chi connectivity index (χ2n) is 4.31. The van der Waals surface area contributed by atoms with Gasteiger partial charge < -0.3 is 0 Å². The molecule has 17 heavy (non-hydrogen) atoms. The molecule has 0 saturated carbocycles. The highest BCUT2D eigenvalue weighted by Gasteiger charge is 2.00. The summed E-state index contributed by atoms with van der Waals surface area (Å²) < 4.78 is 1.94. The van der Waals surface area contributed by atoms with Gasteiger partial charge in [-0.25, -0.2) is 0 Å². The zero-order valence-electron chi connectivity index (χ0n) is 10.3. The van der Waals surface area contributed by atoms with Gasteiger partial charge in [0.1, 0.15) is 0 Å². The average Bonchev–Trinajstić information content (AvgIpc) is 2.83. The lowest BCUT2D eigenvalue weighted by atomic mass is 10.1. The van der Waals surface area contributed by atoms with Crippen molar-refractivity contribution in [3.05, 3.63) is 47.8 Å². The molecule has 1 aromatic carbocycles. The third-order valence-corrected chi connectivity index (χ3v) is 2.84. The largest absolute Gasteiger partial charge is 0.252 e. The highest BCUT2D eigenvalue weighted by molar-refractivity contribution is 5.14. The van der Waals surface area contributed by atoms with Crippen LogP contribution in [-0.4, -0.2) is 15.0 Å². The maximum absolute atomic E-state index is 4.18. The first-order chi connectivity index (χ1) is 8.38. The number of aryl methyl sites for hydroxylation is 3. The van der Waals surface area contributed by atoms with E-state index in [0.29, 0.717) is 0 Å². The molecule has 0 fully saturated rings. The first-order valence-electron chi connectivity index (χ1n) is 6.31. The van der Waals surface area contributed by atoms with Gasteiger partial charge in [0.05, 0.1) is 5.69 Å². The van der Waals surface area contributed by atoms with E-state index in [9.17, 15) is 0 Å². The van der Waals surface area contributed by atoms with E-state index in [1.54, 1.807) is 0 Å². The molecule has 0 amide bonds. The molecule has 3 nitrogen and oxygen atoms in total. The predicted molar refractivity (Wildman–Crippen MR) is 68.8 cm³/mol. The molecule has 3 heteroatoms. The minimum Gasteiger partial charge on any atom is -0.252 e. The maximum atomic E-state index is 4.18. The Bertz CT molecular complexity index is 434. The predicted octanol–water partition coefficient (Wildman–Crippen LogP) is 2.86. The maximum Gasteiger partial charge on any atom is 0.0827 e. The summed E-state index contributed by atoms with van der Waals surface area (Å²) in [5.41, 5.74) is 2.46. The molecule has 0 aliphatic rings. The average molecular weight is 229 g/mol. The molecule has 0 unspecified atom stereocenters. The van der Waals surface area contributed by atoms with E-state index in [0.717, 1.165) is 25.1 Å². The van der Waals surface area contributed by atoms with Crippen LogP contribution in [0.25, 0.3) is 0 Å². The fourth-order valence-electron chi connectivity index (χ4n) is 1.81. The molecule has 0 radical (unpaired) electrons. The van der Waals surface area contributed by atoms with E-state index in [2.05, 4.69) is 47.7 Å². The molecule has 1 aromatic heterocycles. The molecule has 1 heterocycles. The van der Waals surface area contributed by atoms with Crippen LogP contribution in [0.15, 0.2) is 36.5 Å². The Morgan fingerprint density at radius 2 is 1.94 bits per heavy atom. The van der Waals surface area contributed by atoms with Crippen molar-refractivity contribution in [2.45, 2.75) is 39.2 Å². The Labute approximate surface area is 102 Å². The summed E-state index contributed by atoms with van der Waals surface area (Å²) in [6, 6.07) is 10.5. The third kappa shape index (κ3) is 3.70. The molecule has 90 valence electrons. The summed E-state index contributed by atoms with van der Waals surface area (Å²) >= 11 is 0. The van der Waals surface area contributed by atoms with Crippen LogP contribution in [0, 0.1) is 0 Å². The number of aromatic nitrogens is 3. The number of hydrogen-bond donors (Lipinski definition) is 0. The molecular weight excluding hydrogens is 210 g/mol. The molecule has 0 aliphatic carbocycles. The standard InChI is InChI=1S/C14H19N3/c1-2-3-9-14-12-17(16-15-14)11-10-13-7-5-4-6-8-13/h4-8,12H,2-3,9-11H2,1H3. The number of benzene rings is 1. The van der Waals surface area contributed by atoms with Crippen LogP contribution >= 0.6 is 0 Å². The molecule has 2 rings (SSSR count). The summed E-state index contributed by atoms with van der Waals surface area (Å²) in [5, 5.41) is 8.33. The highest BCUT2D eigenvalue weighted by atomic mass is 15.4. The lowest BCUT2D eigenvalue weighted by Gasteiger charge is -2.00. The monoisotopic (exact) mass is 229 g/mol. The number of unbranched alkanes of at least 4 members (excludes halogenated alkanes) is 1. The Hall–Kier alpha value is -1.64. The van der Waals surface area contributed by atoms with E-state index < -0.39 is 0 Å². The van der Waals surface area contributed by atoms with Crippen molar-refractivity contribution < 1.29 is 0 Å². The van der Waals surface area contributed by atoms with Crippen molar-refractivity contribution in [3.8, 4) is 0 Å². The van der Waals surface area contributed by atoms with Gasteiger partial charge in [-0.1, -0.05) is 48.9 Å². The molecule has 0 atom stereocenters. The lowest BCUT2D eigenvalue weighted by molar-refractivity contribution is 0.589. The van der Waals surface area contributed by atoms with E-state index in [1.807, 2.05) is 10.7 Å². The van der Waals surface area contributed by atoms with E-state index in [4.69, 9.17) is 0 Å². The van der Waals surface area contributed by atoms with Crippen molar-refractivity contribution in [2.24, 2.45) is 0 Å². The Morgan fingerprint density at radius 3 is 2.71 bits per heavy atom. The minimum atomic E-state index is 0.906. The van der Waals surface area contributed by atoms with Crippen LogP contribution in [0.5, 0.6) is 0 Å². The molecule has 2 aromatic rings. The zero-order valence-corrected chi connectivity index (χ0v) is 10.3. The smallest absolute Gasteiger partial charge is 0.0827 e. The van der Waals surface area contributed by atoms with Crippen LogP contribution < -0.4 is 0 Å². The zero-order chi connectivity index (χ0) is 11.9. The third-order valence-electron chi connectivity index (χ3n) is 2.84. The number of nitrogens with zero attached hydrogens (tertiary/aromatic N) is 3. The fraction of sp³-hybridized carbons (Fsp3) is 0.429. The van der Waals surface area contributed by atoms with Crippen molar-refractivity contribution >= 4 is 0 Å². The van der Waals surface area contributed by atoms with Crippen molar-refractivity contribution in [2.75, 3.05) is 0 Å². The van der Waals surface area contributed by atoms with Gasteiger partial charge in [-0.2, -0.15) is 0 Å². The van der Waals surface area contributed by atoms with Crippen LogP contribution in [-0.2, 0) is 19.4 Å².